The third-order valence-corrected chi connectivity index (χ3v) is 5.01. The van der Waals surface area contributed by atoms with Crippen molar-refractivity contribution < 1.29 is 32.0 Å². The fourth-order valence-electron chi connectivity index (χ4n) is 2.93. The van der Waals surface area contributed by atoms with Gasteiger partial charge in [-0.2, -0.15) is 8.42 Å². The third kappa shape index (κ3) is 5.93. The first kappa shape index (κ1) is 22.1. The van der Waals surface area contributed by atoms with Gasteiger partial charge in [0.05, 0.1) is 23.5 Å². The van der Waals surface area contributed by atoms with Crippen molar-refractivity contribution in [1.82, 2.24) is 5.32 Å². The lowest BCUT2D eigenvalue weighted by Crippen LogP contribution is -2.29. The van der Waals surface area contributed by atoms with Crippen molar-refractivity contribution in [2.45, 2.75) is 6.42 Å². The van der Waals surface area contributed by atoms with Crippen molar-refractivity contribution in [3.8, 4) is 11.5 Å². The van der Waals surface area contributed by atoms with Crippen LogP contribution in [0.15, 0.2) is 36.4 Å². The summed E-state index contributed by atoms with van der Waals surface area (Å²) in [7, 11) is -4.21. The normalized spacial score (nSPS) is 12.4. The first-order valence-corrected chi connectivity index (χ1v) is 10.7. The van der Waals surface area contributed by atoms with Crippen LogP contribution in [0.1, 0.15) is 26.3 Å². The molecule has 31 heavy (non-hydrogen) atoms. The van der Waals surface area contributed by atoms with E-state index in [1.807, 2.05) is 0 Å². The van der Waals surface area contributed by atoms with Crippen LogP contribution in [0.25, 0.3) is 0 Å². The number of anilines is 1. The molecule has 0 saturated carbocycles. The number of fused-ring (bicyclic) bond motifs is 1. The van der Waals surface area contributed by atoms with Crippen LogP contribution in [-0.4, -0.2) is 49.7 Å². The Balaban J connectivity index is 1.76. The van der Waals surface area contributed by atoms with Crippen LogP contribution in [0.4, 0.5) is 5.69 Å². The molecule has 12 heteroatoms. The highest BCUT2D eigenvalue weighted by molar-refractivity contribution is 7.85. The molecule has 3 rings (SSSR count). The second-order valence-corrected chi connectivity index (χ2v) is 8.17. The summed E-state index contributed by atoms with van der Waals surface area (Å²) < 4.78 is 41.3. The number of carbonyl (C=O) groups is 2. The lowest BCUT2D eigenvalue weighted by Gasteiger charge is -2.12. The average molecular weight is 448 g/mol. The lowest BCUT2D eigenvalue weighted by molar-refractivity contribution is 0.0733. The minimum atomic E-state index is -4.21. The van der Waals surface area contributed by atoms with Crippen molar-refractivity contribution in [2.75, 3.05) is 24.2 Å². The molecule has 0 fully saturated rings. The van der Waals surface area contributed by atoms with Gasteiger partial charge in [-0.1, -0.05) is 0 Å². The molecule has 11 nitrogen and oxygen atoms in total. The van der Waals surface area contributed by atoms with Crippen LogP contribution < -0.4 is 25.8 Å². The maximum absolute atomic E-state index is 12.5. The molecule has 6 N–H and O–H groups in total. The van der Waals surface area contributed by atoms with E-state index in [2.05, 4.69) is 10.6 Å². The SMILES string of the molecule is N=C(N)Nc1ccc(C(=O)Oc2cc3c(c(C(=O)NCCS(=O)(=O)O)c2)CCO3)cc1. The molecule has 0 aliphatic carbocycles. The van der Waals surface area contributed by atoms with E-state index in [1.54, 1.807) is 12.1 Å². The number of nitrogens with two attached hydrogens (primary N) is 1. The summed E-state index contributed by atoms with van der Waals surface area (Å²) in [6.07, 6.45) is 0.467. The van der Waals surface area contributed by atoms with Crippen LogP contribution in [0.5, 0.6) is 11.5 Å². The number of amides is 1. The fourth-order valence-corrected chi connectivity index (χ4v) is 3.29. The minimum Gasteiger partial charge on any atom is -0.493 e. The molecule has 1 amide bonds. The third-order valence-electron chi connectivity index (χ3n) is 4.29. The van der Waals surface area contributed by atoms with Gasteiger partial charge in [0.25, 0.3) is 16.0 Å². The van der Waals surface area contributed by atoms with Crippen molar-refractivity contribution in [3.63, 3.8) is 0 Å². The molecular formula is C19H20N4O7S. The highest BCUT2D eigenvalue weighted by Gasteiger charge is 2.23. The Hall–Kier alpha value is -3.64. The molecule has 2 aromatic rings. The monoisotopic (exact) mass is 448 g/mol. The Morgan fingerprint density at radius 3 is 2.58 bits per heavy atom. The van der Waals surface area contributed by atoms with Crippen LogP contribution >= 0.6 is 0 Å². The van der Waals surface area contributed by atoms with Gasteiger partial charge in [-0.3, -0.25) is 14.8 Å². The number of ether oxygens (including phenoxy) is 2. The number of nitrogens with one attached hydrogen (secondary N) is 3. The number of hydrogen-bond donors (Lipinski definition) is 5. The van der Waals surface area contributed by atoms with Gasteiger partial charge in [0.2, 0.25) is 0 Å². The summed E-state index contributed by atoms with van der Waals surface area (Å²) in [4.78, 5) is 25.0. The smallest absolute Gasteiger partial charge is 0.343 e. The Labute approximate surface area is 177 Å². The molecule has 1 aliphatic rings. The Morgan fingerprint density at radius 1 is 1.23 bits per heavy atom. The first-order valence-electron chi connectivity index (χ1n) is 9.09. The molecular weight excluding hydrogens is 428 g/mol. The summed E-state index contributed by atoms with van der Waals surface area (Å²) >= 11 is 0. The van der Waals surface area contributed by atoms with E-state index in [4.69, 9.17) is 25.2 Å². The van der Waals surface area contributed by atoms with Crippen LogP contribution in [0.3, 0.4) is 0 Å². The molecule has 2 aromatic carbocycles. The maximum atomic E-state index is 12.5. The van der Waals surface area contributed by atoms with Gasteiger partial charge < -0.3 is 25.8 Å². The van der Waals surface area contributed by atoms with Crippen LogP contribution in [0.2, 0.25) is 0 Å². The van der Waals surface area contributed by atoms with E-state index in [-0.39, 0.29) is 29.4 Å². The Kier molecular flexibility index (Phi) is 6.42. The quantitative estimate of drug-likeness (QED) is 0.134. The zero-order valence-corrected chi connectivity index (χ0v) is 17.0. The van der Waals surface area contributed by atoms with E-state index < -0.39 is 27.7 Å². The molecule has 0 aromatic heterocycles. The molecule has 164 valence electrons. The number of hydrogen-bond acceptors (Lipinski definition) is 7. The number of rotatable bonds is 7. The minimum absolute atomic E-state index is 0.0801. The number of esters is 1. The van der Waals surface area contributed by atoms with Crippen molar-refractivity contribution >= 4 is 33.6 Å². The maximum Gasteiger partial charge on any atom is 0.343 e. The number of guanidine groups is 1. The predicted molar refractivity (Wildman–Crippen MR) is 111 cm³/mol. The summed E-state index contributed by atoms with van der Waals surface area (Å²) in [6, 6.07) is 8.96. The molecule has 1 heterocycles. The average Bonchev–Trinajstić information content (AvgIpc) is 3.14. The molecule has 0 unspecified atom stereocenters. The fraction of sp³-hybridized carbons (Fsp3) is 0.211. The largest absolute Gasteiger partial charge is 0.493 e. The van der Waals surface area contributed by atoms with E-state index in [1.165, 1.54) is 24.3 Å². The predicted octanol–water partition coefficient (Wildman–Crippen LogP) is 0.764. The Bertz CT molecular complexity index is 1130. The van der Waals surface area contributed by atoms with Crippen molar-refractivity contribution in [3.05, 3.63) is 53.1 Å². The standard InChI is InChI=1S/C19H20N4O7S/c20-19(21)23-12-3-1-11(2-4-12)18(25)30-13-9-15(14-5-7-29-16(14)10-13)17(24)22-6-8-31(26,27)28/h1-4,9-10H,5-8H2,(H,22,24)(H4,20,21,23)(H,26,27,28). The van der Waals surface area contributed by atoms with E-state index >= 15 is 0 Å². The first-order chi connectivity index (χ1) is 14.6. The van der Waals surface area contributed by atoms with Gasteiger partial charge in [0, 0.05) is 30.3 Å². The van der Waals surface area contributed by atoms with Crippen LogP contribution in [0, 0.1) is 5.41 Å². The number of benzene rings is 2. The second kappa shape index (κ2) is 9.02. The molecule has 0 radical (unpaired) electrons. The van der Waals surface area contributed by atoms with Gasteiger partial charge in [-0.25, -0.2) is 4.79 Å². The highest BCUT2D eigenvalue weighted by Crippen LogP contribution is 2.33. The highest BCUT2D eigenvalue weighted by atomic mass is 32.2. The van der Waals surface area contributed by atoms with Gasteiger partial charge in [-0.05, 0) is 30.3 Å². The van der Waals surface area contributed by atoms with E-state index in [0.29, 0.717) is 30.0 Å². The van der Waals surface area contributed by atoms with Crippen molar-refractivity contribution in [2.24, 2.45) is 5.73 Å². The molecule has 0 atom stereocenters. The molecule has 1 aliphatic heterocycles. The topological polar surface area (TPSA) is 181 Å². The Morgan fingerprint density at radius 2 is 1.94 bits per heavy atom. The van der Waals surface area contributed by atoms with Gasteiger partial charge in [0.15, 0.2) is 5.96 Å². The zero-order valence-electron chi connectivity index (χ0n) is 16.2. The summed E-state index contributed by atoms with van der Waals surface area (Å²) in [5.41, 5.74) is 6.81. The molecule has 0 bridgehead atoms. The van der Waals surface area contributed by atoms with Crippen molar-refractivity contribution in [1.29, 1.82) is 5.41 Å². The van der Waals surface area contributed by atoms with Gasteiger partial charge >= 0.3 is 5.97 Å². The lowest BCUT2D eigenvalue weighted by atomic mass is 10.0. The number of carbonyl (C=O) groups excluding carboxylic acids is 2. The molecule has 0 spiro atoms. The van der Waals surface area contributed by atoms with E-state index in [0.717, 1.165) is 0 Å². The summed E-state index contributed by atoms with van der Waals surface area (Å²) in [5, 5.41) is 12.2. The van der Waals surface area contributed by atoms with Gasteiger partial charge in [-0.15, -0.1) is 0 Å². The van der Waals surface area contributed by atoms with Gasteiger partial charge in [0.1, 0.15) is 11.5 Å². The second-order valence-electron chi connectivity index (χ2n) is 6.59. The zero-order chi connectivity index (χ0) is 22.6. The van der Waals surface area contributed by atoms with Crippen LogP contribution in [-0.2, 0) is 16.5 Å². The summed E-state index contributed by atoms with van der Waals surface area (Å²) in [6.45, 7) is 0.0700. The molecule has 0 saturated heterocycles. The summed E-state index contributed by atoms with van der Waals surface area (Å²) in [5.74, 6) is -1.65. The van der Waals surface area contributed by atoms with E-state index in [9.17, 15) is 18.0 Å².